The normalized spacial score (nSPS) is 10.2. The van der Waals surface area contributed by atoms with Crippen LogP contribution in [0.15, 0.2) is 48.5 Å². The molecule has 0 aliphatic rings. The van der Waals surface area contributed by atoms with Gasteiger partial charge >= 0.3 is 0 Å². The number of ether oxygens (including phenoxy) is 2. The van der Waals surface area contributed by atoms with Gasteiger partial charge in [0.2, 0.25) is 0 Å². The number of nitrogens with one attached hydrogen (secondary N) is 1. The van der Waals surface area contributed by atoms with Gasteiger partial charge in [-0.15, -0.1) is 0 Å². The molecule has 2 aromatic carbocycles. The summed E-state index contributed by atoms with van der Waals surface area (Å²) in [6.45, 7) is 0.758. The maximum Gasteiger partial charge on any atom is 0.176 e. The molecule has 2 aromatic rings. The van der Waals surface area contributed by atoms with Crippen LogP contribution in [-0.4, -0.2) is 26.5 Å². The van der Waals surface area contributed by atoms with Crippen LogP contribution in [-0.2, 0) is 6.61 Å². The molecule has 0 heterocycles. The van der Waals surface area contributed by atoms with Crippen LogP contribution in [0.2, 0.25) is 0 Å². The van der Waals surface area contributed by atoms with Gasteiger partial charge in [0.15, 0.2) is 17.3 Å². The molecule has 4 nitrogen and oxygen atoms in total. The maximum atomic E-state index is 11.8. The summed E-state index contributed by atoms with van der Waals surface area (Å²) in [6.07, 6.45) is 0. The lowest BCUT2D eigenvalue weighted by Crippen LogP contribution is -2.18. The first-order valence-corrected chi connectivity index (χ1v) is 6.77. The Labute approximate surface area is 124 Å². The van der Waals surface area contributed by atoms with E-state index in [0.29, 0.717) is 30.2 Å². The maximum absolute atomic E-state index is 11.8. The molecule has 0 atom stereocenters. The minimum atomic E-state index is 0.0189. The number of hydrogen-bond donors (Lipinski definition) is 1. The Morgan fingerprint density at radius 3 is 2.52 bits per heavy atom. The van der Waals surface area contributed by atoms with Gasteiger partial charge in [0.25, 0.3) is 0 Å². The van der Waals surface area contributed by atoms with Gasteiger partial charge in [0, 0.05) is 5.56 Å². The molecule has 110 valence electrons. The monoisotopic (exact) mass is 285 g/mol. The average molecular weight is 285 g/mol. The van der Waals surface area contributed by atoms with E-state index in [4.69, 9.17) is 9.47 Å². The zero-order valence-electron chi connectivity index (χ0n) is 12.3. The number of ketones is 1. The minimum absolute atomic E-state index is 0.0189. The predicted molar refractivity (Wildman–Crippen MR) is 82.0 cm³/mol. The Bertz CT molecular complexity index is 596. The van der Waals surface area contributed by atoms with E-state index in [1.807, 2.05) is 30.3 Å². The van der Waals surface area contributed by atoms with Crippen LogP contribution >= 0.6 is 0 Å². The van der Waals surface area contributed by atoms with Gasteiger partial charge in [0.05, 0.1) is 13.7 Å². The fraction of sp³-hybridized carbons (Fsp3) is 0.235. The molecular weight excluding hydrogens is 266 g/mol. The summed E-state index contributed by atoms with van der Waals surface area (Å²) in [4.78, 5) is 11.8. The molecule has 0 aliphatic heterocycles. The van der Waals surface area contributed by atoms with Crippen molar-refractivity contribution in [2.24, 2.45) is 0 Å². The van der Waals surface area contributed by atoms with Crippen LogP contribution in [0.1, 0.15) is 15.9 Å². The van der Waals surface area contributed by atoms with Crippen LogP contribution in [0.4, 0.5) is 0 Å². The molecule has 1 N–H and O–H groups in total. The molecule has 0 radical (unpaired) electrons. The summed E-state index contributed by atoms with van der Waals surface area (Å²) < 4.78 is 11.1. The van der Waals surface area contributed by atoms with E-state index in [0.717, 1.165) is 5.56 Å². The van der Waals surface area contributed by atoms with Gasteiger partial charge in [0.1, 0.15) is 6.61 Å². The van der Waals surface area contributed by atoms with Gasteiger partial charge < -0.3 is 14.8 Å². The highest BCUT2D eigenvalue weighted by Gasteiger charge is 2.10. The summed E-state index contributed by atoms with van der Waals surface area (Å²) in [7, 11) is 3.31. The number of hydrogen-bond acceptors (Lipinski definition) is 4. The van der Waals surface area contributed by atoms with E-state index in [-0.39, 0.29) is 5.78 Å². The number of rotatable bonds is 7. The third-order valence-electron chi connectivity index (χ3n) is 3.06. The van der Waals surface area contributed by atoms with Crippen molar-refractivity contribution in [3.8, 4) is 11.5 Å². The largest absolute Gasteiger partial charge is 0.493 e. The molecule has 0 bridgehead atoms. The topological polar surface area (TPSA) is 47.6 Å². The first-order valence-electron chi connectivity index (χ1n) is 6.77. The van der Waals surface area contributed by atoms with Crippen molar-refractivity contribution in [2.45, 2.75) is 6.61 Å². The molecule has 0 saturated carbocycles. The van der Waals surface area contributed by atoms with E-state index in [1.165, 1.54) is 0 Å². The molecule has 0 fully saturated rings. The van der Waals surface area contributed by atoms with E-state index < -0.39 is 0 Å². The van der Waals surface area contributed by atoms with Gasteiger partial charge in [-0.1, -0.05) is 30.3 Å². The first kappa shape index (κ1) is 15.1. The van der Waals surface area contributed by atoms with Gasteiger partial charge in [-0.05, 0) is 30.8 Å². The van der Waals surface area contributed by atoms with Crippen molar-refractivity contribution < 1.29 is 14.3 Å². The number of carbonyl (C=O) groups excluding carboxylic acids is 1. The highest BCUT2D eigenvalue weighted by Crippen LogP contribution is 2.29. The van der Waals surface area contributed by atoms with Gasteiger partial charge in [-0.2, -0.15) is 0 Å². The second-order valence-electron chi connectivity index (χ2n) is 4.59. The second kappa shape index (κ2) is 7.45. The van der Waals surface area contributed by atoms with Crippen molar-refractivity contribution in [2.75, 3.05) is 20.7 Å². The van der Waals surface area contributed by atoms with E-state index in [2.05, 4.69) is 5.32 Å². The number of Topliss-reactive ketones (excluding diaryl/α,β-unsaturated/α-hetero) is 1. The summed E-state index contributed by atoms with van der Waals surface area (Å²) in [5.74, 6) is 1.21. The van der Waals surface area contributed by atoms with E-state index >= 15 is 0 Å². The molecule has 0 unspecified atom stereocenters. The molecule has 0 amide bonds. The van der Waals surface area contributed by atoms with Crippen LogP contribution in [0.5, 0.6) is 11.5 Å². The van der Waals surface area contributed by atoms with Crippen molar-refractivity contribution >= 4 is 5.78 Å². The Morgan fingerprint density at radius 2 is 1.86 bits per heavy atom. The van der Waals surface area contributed by atoms with E-state index in [9.17, 15) is 4.79 Å². The minimum Gasteiger partial charge on any atom is -0.493 e. The molecular formula is C17H19NO3. The van der Waals surface area contributed by atoms with Crippen LogP contribution in [0.3, 0.4) is 0 Å². The highest BCUT2D eigenvalue weighted by molar-refractivity contribution is 5.98. The number of carbonyl (C=O) groups is 1. The molecule has 0 saturated heterocycles. The Hall–Kier alpha value is -2.33. The number of benzene rings is 2. The Morgan fingerprint density at radius 1 is 1.10 bits per heavy atom. The first-order chi connectivity index (χ1) is 10.2. The molecule has 4 heteroatoms. The number of likely N-dealkylation sites (N-methyl/N-ethyl adjacent to an activating group) is 1. The third kappa shape index (κ3) is 4.07. The lowest BCUT2D eigenvalue weighted by Gasteiger charge is -2.12. The molecule has 21 heavy (non-hydrogen) atoms. The average Bonchev–Trinajstić information content (AvgIpc) is 2.54. The van der Waals surface area contributed by atoms with Crippen LogP contribution < -0.4 is 14.8 Å². The second-order valence-corrected chi connectivity index (χ2v) is 4.59. The van der Waals surface area contributed by atoms with E-state index in [1.54, 1.807) is 32.4 Å². The lowest BCUT2D eigenvalue weighted by atomic mass is 10.1. The molecule has 2 rings (SSSR count). The van der Waals surface area contributed by atoms with Gasteiger partial charge in [-0.25, -0.2) is 0 Å². The zero-order chi connectivity index (χ0) is 15.1. The number of methoxy groups -OCH3 is 1. The van der Waals surface area contributed by atoms with Crippen LogP contribution in [0.25, 0.3) is 0 Å². The van der Waals surface area contributed by atoms with Crippen molar-refractivity contribution in [1.82, 2.24) is 5.32 Å². The van der Waals surface area contributed by atoms with Crippen molar-refractivity contribution in [1.29, 1.82) is 0 Å². The molecule has 0 spiro atoms. The standard InChI is InChI=1S/C17H19NO3/c1-18-11-15(19)14-8-9-16(17(10-14)20-2)21-12-13-6-4-3-5-7-13/h3-10,18H,11-12H2,1-2H3. The smallest absolute Gasteiger partial charge is 0.176 e. The quantitative estimate of drug-likeness (QED) is 0.795. The summed E-state index contributed by atoms with van der Waals surface area (Å²) in [6, 6.07) is 15.1. The van der Waals surface area contributed by atoms with Crippen LogP contribution in [0, 0.1) is 0 Å². The zero-order valence-corrected chi connectivity index (χ0v) is 12.3. The predicted octanol–water partition coefficient (Wildman–Crippen LogP) is 2.68. The Balaban J connectivity index is 2.11. The van der Waals surface area contributed by atoms with Crippen molar-refractivity contribution in [3.63, 3.8) is 0 Å². The van der Waals surface area contributed by atoms with Crippen molar-refractivity contribution in [3.05, 3.63) is 59.7 Å². The molecule has 0 aromatic heterocycles. The molecule has 0 aliphatic carbocycles. The SMILES string of the molecule is CNCC(=O)c1ccc(OCc2ccccc2)c(OC)c1. The summed E-state index contributed by atoms with van der Waals surface area (Å²) >= 11 is 0. The fourth-order valence-electron chi connectivity index (χ4n) is 1.96. The van der Waals surface area contributed by atoms with Gasteiger partial charge in [-0.3, -0.25) is 4.79 Å². The Kier molecular flexibility index (Phi) is 5.35. The third-order valence-corrected chi connectivity index (χ3v) is 3.06. The fourth-order valence-corrected chi connectivity index (χ4v) is 1.96. The lowest BCUT2D eigenvalue weighted by molar-refractivity contribution is 0.0993. The highest BCUT2D eigenvalue weighted by atomic mass is 16.5. The summed E-state index contributed by atoms with van der Waals surface area (Å²) in [5.41, 5.74) is 1.68. The summed E-state index contributed by atoms with van der Waals surface area (Å²) in [5, 5.41) is 2.84.